The van der Waals surface area contributed by atoms with Crippen molar-refractivity contribution in [1.82, 2.24) is 15.0 Å². The van der Waals surface area contributed by atoms with Gasteiger partial charge < -0.3 is 24.6 Å². The van der Waals surface area contributed by atoms with Crippen molar-refractivity contribution in [2.75, 3.05) is 36.5 Å². The number of aromatic amines is 1. The van der Waals surface area contributed by atoms with Crippen molar-refractivity contribution in [1.29, 1.82) is 0 Å². The van der Waals surface area contributed by atoms with Crippen LogP contribution < -0.4 is 16.0 Å². The number of H-pyrrole nitrogens is 1. The van der Waals surface area contributed by atoms with Gasteiger partial charge in [0.15, 0.2) is 11.9 Å². The molecule has 3 heterocycles. The molecule has 0 radical (unpaired) electrons. The molecule has 2 atom stereocenters. The molecule has 3 aromatic rings. The molecule has 2 aliphatic heterocycles. The topological polar surface area (TPSA) is 147 Å². The van der Waals surface area contributed by atoms with E-state index >= 15 is 0 Å². The first-order chi connectivity index (χ1) is 19.7. The summed E-state index contributed by atoms with van der Waals surface area (Å²) in [5.74, 6) is -2.41. The highest BCUT2D eigenvalue weighted by molar-refractivity contribution is 6.04. The first-order valence-electron chi connectivity index (χ1n) is 13.3. The number of nitrogens with one attached hydrogen (secondary N) is 2. The van der Waals surface area contributed by atoms with E-state index in [1.807, 2.05) is 25.1 Å². The van der Waals surface area contributed by atoms with E-state index in [2.05, 4.69) is 31.5 Å². The minimum absolute atomic E-state index is 0.141. The Hall–Kier alpha value is -4.71. The largest absolute Gasteiger partial charge is 0.449 e. The Morgan fingerprint density at radius 2 is 1.85 bits per heavy atom. The summed E-state index contributed by atoms with van der Waals surface area (Å²) in [6.45, 7) is 9.77. The molecule has 0 bridgehead atoms. The maximum atomic E-state index is 13.7. The first kappa shape index (κ1) is 27.8. The zero-order chi connectivity index (χ0) is 29.1. The summed E-state index contributed by atoms with van der Waals surface area (Å²) in [6.07, 6.45) is -0.640. The number of esters is 1. The highest BCUT2D eigenvalue weighted by Gasteiger charge is 2.42. The van der Waals surface area contributed by atoms with Gasteiger partial charge in [0.2, 0.25) is 6.10 Å². The van der Waals surface area contributed by atoms with Crippen molar-refractivity contribution in [3.8, 4) is 11.4 Å². The summed E-state index contributed by atoms with van der Waals surface area (Å²) in [4.78, 5) is 56.4. The van der Waals surface area contributed by atoms with Gasteiger partial charge in [0.05, 0.1) is 6.61 Å². The number of aryl methyl sites for hydroxylation is 1. The average Bonchev–Trinajstić information content (AvgIpc) is 3.65. The van der Waals surface area contributed by atoms with Gasteiger partial charge in [-0.15, -0.1) is 0 Å². The minimum atomic E-state index is -1.53. The van der Waals surface area contributed by atoms with Gasteiger partial charge in [-0.3, -0.25) is 23.9 Å². The lowest BCUT2D eigenvalue weighted by Crippen LogP contribution is -2.56. The number of aromatic nitrogens is 2. The maximum absolute atomic E-state index is 13.7. The van der Waals surface area contributed by atoms with E-state index in [4.69, 9.17) is 9.47 Å². The highest BCUT2D eigenvalue weighted by Crippen LogP contribution is 2.30. The predicted octanol–water partition coefficient (Wildman–Crippen LogP) is 2.71. The molecule has 2 saturated heterocycles. The Morgan fingerprint density at radius 1 is 1.12 bits per heavy atom. The number of benzene rings is 2. The van der Waals surface area contributed by atoms with E-state index in [9.17, 15) is 19.2 Å². The second-order valence-electron chi connectivity index (χ2n) is 9.96. The van der Waals surface area contributed by atoms with Gasteiger partial charge in [-0.05, 0) is 61.7 Å². The molecule has 1 aromatic heterocycles. The summed E-state index contributed by atoms with van der Waals surface area (Å²) in [5.41, 5.74) is 4.47. The fraction of sp³-hybridized carbons (Fsp3) is 0.345. The normalized spacial score (nSPS) is 17.8. The SMILES string of the molecule is C=C(c1cc(N2CCO[C@H]([C@@H](OC(C)=O)C(=O)Nc3ccc(-c4noc(=O)[nH]4)cc3)C2=O)ccc1C)N1CCCC1. The molecule has 12 heteroatoms. The van der Waals surface area contributed by atoms with E-state index in [0.29, 0.717) is 16.9 Å². The Labute approximate surface area is 235 Å². The van der Waals surface area contributed by atoms with E-state index in [1.165, 1.54) is 0 Å². The molecule has 214 valence electrons. The van der Waals surface area contributed by atoms with Crippen LogP contribution in [0.4, 0.5) is 11.4 Å². The number of morpholine rings is 1. The van der Waals surface area contributed by atoms with Crippen LogP contribution >= 0.6 is 0 Å². The predicted molar refractivity (Wildman–Crippen MR) is 150 cm³/mol. The van der Waals surface area contributed by atoms with Crippen LogP contribution in [-0.2, 0) is 23.9 Å². The van der Waals surface area contributed by atoms with Crippen LogP contribution in [0, 0.1) is 6.92 Å². The number of carbonyl (C=O) groups is 3. The van der Waals surface area contributed by atoms with E-state index in [-0.39, 0.29) is 19.0 Å². The fourth-order valence-electron chi connectivity index (χ4n) is 5.04. The molecule has 2 aromatic carbocycles. The van der Waals surface area contributed by atoms with Gasteiger partial charge in [-0.2, -0.15) is 0 Å². The average molecular weight is 562 g/mol. The number of anilines is 2. The van der Waals surface area contributed by atoms with Crippen LogP contribution in [0.15, 0.2) is 58.4 Å². The van der Waals surface area contributed by atoms with Crippen molar-refractivity contribution in [3.63, 3.8) is 0 Å². The summed E-state index contributed by atoms with van der Waals surface area (Å²) >= 11 is 0. The molecule has 2 N–H and O–H groups in total. The van der Waals surface area contributed by atoms with E-state index < -0.39 is 35.7 Å². The third-order valence-corrected chi connectivity index (χ3v) is 7.15. The zero-order valence-corrected chi connectivity index (χ0v) is 22.8. The molecule has 2 amide bonds. The first-order valence-corrected chi connectivity index (χ1v) is 13.3. The van der Waals surface area contributed by atoms with Crippen LogP contribution in [-0.4, -0.2) is 71.3 Å². The monoisotopic (exact) mass is 561 g/mol. The molecule has 2 fully saturated rings. The van der Waals surface area contributed by atoms with E-state index in [1.54, 1.807) is 29.2 Å². The van der Waals surface area contributed by atoms with Crippen molar-refractivity contribution in [2.24, 2.45) is 0 Å². The maximum Gasteiger partial charge on any atom is 0.439 e. The van der Waals surface area contributed by atoms with E-state index in [0.717, 1.165) is 49.7 Å². The number of hydrogen-bond acceptors (Lipinski definition) is 9. The lowest BCUT2D eigenvalue weighted by Gasteiger charge is -2.35. The zero-order valence-electron chi connectivity index (χ0n) is 22.8. The molecule has 0 spiro atoms. The van der Waals surface area contributed by atoms with Gasteiger partial charge in [0.25, 0.3) is 11.8 Å². The summed E-state index contributed by atoms with van der Waals surface area (Å²) in [7, 11) is 0. The number of amides is 2. The number of rotatable bonds is 8. The Morgan fingerprint density at radius 3 is 2.51 bits per heavy atom. The molecule has 0 unspecified atom stereocenters. The van der Waals surface area contributed by atoms with Gasteiger partial charge >= 0.3 is 11.7 Å². The molecular weight excluding hydrogens is 530 g/mol. The molecule has 0 saturated carbocycles. The van der Waals surface area contributed by atoms with Gasteiger partial charge in [0, 0.05) is 54.8 Å². The number of carbonyl (C=O) groups excluding carboxylic acids is 3. The molecule has 5 rings (SSSR count). The molecule has 12 nitrogen and oxygen atoms in total. The number of nitrogens with zero attached hydrogens (tertiary/aromatic N) is 3. The molecule has 0 aliphatic carbocycles. The summed E-state index contributed by atoms with van der Waals surface area (Å²) in [5, 5.41) is 6.29. The van der Waals surface area contributed by atoms with Gasteiger partial charge in [-0.1, -0.05) is 17.8 Å². The smallest absolute Gasteiger partial charge is 0.439 e. The van der Waals surface area contributed by atoms with Crippen molar-refractivity contribution >= 4 is 34.9 Å². The quantitative estimate of drug-likeness (QED) is 0.396. The summed E-state index contributed by atoms with van der Waals surface area (Å²) < 4.78 is 15.5. The Bertz CT molecular complexity index is 1520. The van der Waals surface area contributed by atoms with Crippen LogP contribution in [0.25, 0.3) is 17.1 Å². The lowest BCUT2D eigenvalue weighted by atomic mass is 10.0. The van der Waals surface area contributed by atoms with Crippen LogP contribution in [0.2, 0.25) is 0 Å². The molecular formula is C29H31N5O7. The Kier molecular flexibility index (Phi) is 8.02. The summed E-state index contributed by atoms with van der Waals surface area (Å²) in [6, 6.07) is 12.1. The third-order valence-electron chi connectivity index (χ3n) is 7.15. The number of likely N-dealkylation sites (tertiary alicyclic amines) is 1. The minimum Gasteiger partial charge on any atom is -0.449 e. The molecule has 41 heavy (non-hydrogen) atoms. The van der Waals surface area contributed by atoms with Crippen molar-refractivity contribution < 1.29 is 28.4 Å². The number of ether oxygens (including phenoxy) is 2. The van der Waals surface area contributed by atoms with Crippen LogP contribution in [0.3, 0.4) is 0 Å². The van der Waals surface area contributed by atoms with Gasteiger partial charge in [-0.25, -0.2) is 4.79 Å². The second kappa shape index (κ2) is 11.8. The van der Waals surface area contributed by atoms with Crippen LogP contribution in [0.5, 0.6) is 0 Å². The molecule has 2 aliphatic rings. The van der Waals surface area contributed by atoms with Gasteiger partial charge in [0.1, 0.15) is 0 Å². The Balaban J connectivity index is 1.34. The standard InChI is InChI=1S/C29H31N5O7/c1-17-6-11-22(16-23(17)18(2)33-12-4-5-13-33)34-14-15-39-25(28(34)37)24(40-19(3)35)27(36)30-21-9-7-20(8-10-21)26-31-29(38)41-32-26/h6-11,16,24-25H,2,4-5,12-15H2,1,3H3,(H,30,36)(H,31,32,38)/t24-,25-/m1/s1. The third kappa shape index (κ3) is 6.07. The second-order valence-corrected chi connectivity index (χ2v) is 9.96. The fourth-order valence-corrected chi connectivity index (χ4v) is 5.04. The van der Waals surface area contributed by atoms with Crippen molar-refractivity contribution in [3.05, 3.63) is 70.7 Å². The number of hydrogen-bond donors (Lipinski definition) is 2. The van der Waals surface area contributed by atoms with Crippen LogP contribution in [0.1, 0.15) is 30.9 Å². The van der Waals surface area contributed by atoms with Crippen molar-refractivity contribution in [2.45, 2.75) is 38.9 Å². The highest BCUT2D eigenvalue weighted by atomic mass is 16.6. The lowest BCUT2D eigenvalue weighted by molar-refractivity contribution is -0.167.